The van der Waals surface area contributed by atoms with E-state index in [4.69, 9.17) is 4.74 Å². The van der Waals surface area contributed by atoms with Crippen molar-refractivity contribution >= 4 is 12.6 Å². The average molecular weight is 264 g/mol. The van der Waals surface area contributed by atoms with Crippen LogP contribution >= 0.6 is 0 Å². The molecule has 0 unspecified atom stereocenters. The number of hydrogen-bond acceptors (Lipinski definition) is 5. The number of likely N-dealkylation sites (N-methyl/N-ethyl adjacent to an activating group) is 1. The fraction of sp³-hybridized carbons (Fsp3) is 0.538. The molecule has 1 aromatic carbocycles. The zero-order valence-electron chi connectivity index (χ0n) is 11.5. The lowest BCUT2D eigenvalue weighted by Gasteiger charge is -2.32. The molecule has 0 atom stereocenters. The van der Waals surface area contributed by atoms with Crippen LogP contribution in [0.15, 0.2) is 18.2 Å². The van der Waals surface area contributed by atoms with Crippen molar-refractivity contribution < 1.29 is 14.8 Å². The maximum Gasteiger partial charge on any atom is 0.492 e. The summed E-state index contributed by atoms with van der Waals surface area (Å²) in [6.07, 6.45) is 0. The van der Waals surface area contributed by atoms with E-state index in [9.17, 15) is 10.0 Å². The summed E-state index contributed by atoms with van der Waals surface area (Å²) >= 11 is 0. The zero-order valence-corrected chi connectivity index (χ0v) is 11.5. The predicted octanol–water partition coefficient (Wildman–Crippen LogP) is -0.878. The molecule has 6 heteroatoms. The van der Waals surface area contributed by atoms with Crippen molar-refractivity contribution in [3.63, 3.8) is 0 Å². The minimum Gasteiger partial charge on any atom is -0.497 e. The van der Waals surface area contributed by atoms with Crippen LogP contribution in [0.25, 0.3) is 0 Å². The monoisotopic (exact) mass is 264 g/mol. The van der Waals surface area contributed by atoms with Crippen molar-refractivity contribution in [2.75, 3.05) is 40.3 Å². The molecule has 1 fully saturated rings. The number of ether oxygens (including phenoxy) is 1. The normalized spacial score (nSPS) is 17.5. The van der Waals surface area contributed by atoms with E-state index in [0.717, 1.165) is 38.3 Å². The fourth-order valence-electron chi connectivity index (χ4n) is 2.35. The van der Waals surface area contributed by atoms with E-state index in [0.29, 0.717) is 11.2 Å². The molecule has 1 saturated heterocycles. The second-order valence-corrected chi connectivity index (χ2v) is 5.03. The lowest BCUT2D eigenvalue weighted by Crippen LogP contribution is -2.44. The molecule has 0 aliphatic carbocycles. The van der Waals surface area contributed by atoms with Crippen molar-refractivity contribution in [1.82, 2.24) is 9.80 Å². The Kier molecular flexibility index (Phi) is 4.82. The molecule has 1 aliphatic rings. The molecule has 2 N–H and O–H groups in total. The lowest BCUT2D eigenvalue weighted by molar-refractivity contribution is 0.148. The van der Waals surface area contributed by atoms with Gasteiger partial charge in [0.25, 0.3) is 0 Å². The summed E-state index contributed by atoms with van der Waals surface area (Å²) in [4.78, 5) is 4.68. The largest absolute Gasteiger partial charge is 0.497 e. The van der Waals surface area contributed by atoms with Gasteiger partial charge in [0.2, 0.25) is 0 Å². The van der Waals surface area contributed by atoms with Gasteiger partial charge < -0.3 is 19.7 Å². The Labute approximate surface area is 114 Å². The van der Waals surface area contributed by atoms with Gasteiger partial charge >= 0.3 is 7.12 Å². The summed E-state index contributed by atoms with van der Waals surface area (Å²) in [7, 11) is 2.16. The van der Waals surface area contributed by atoms with Gasteiger partial charge in [-0.2, -0.15) is 0 Å². The Bertz CT molecular complexity index is 420. The molecule has 0 spiro atoms. The van der Waals surface area contributed by atoms with Crippen LogP contribution in [0.5, 0.6) is 5.75 Å². The molecule has 19 heavy (non-hydrogen) atoms. The number of hydrogen-bond donors (Lipinski definition) is 2. The summed E-state index contributed by atoms with van der Waals surface area (Å²) in [5.74, 6) is 0.511. The molecule has 104 valence electrons. The topological polar surface area (TPSA) is 56.2 Å². The highest BCUT2D eigenvalue weighted by atomic mass is 16.5. The maximum absolute atomic E-state index is 9.36. The summed E-state index contributed by atoms with van der Waals surface area (Å²) in [5, 5.41) is 18.7. The van der Waals surface area contributed by atoms with Gasteiger partial charge in [0, 0.05) is 38.2 Å². The fourth-order valence-corrected chi connectivity index (χ4v) is 2.35. The van der Waals surface area contributed by atoms with Gasteiger partial charge in [-0.05, 0) is 18.7 Å². The first-order chi connectivity index (χ1) is 9.10. The average Bonchev–Trinajstić information content (AvgIpc) is 2.41. The van der Waals surface area contributed by atoms with E-state index in [2.05, 4.69) is 16.8 Å². The van der Waals surface area contributed by atoms with Crippen LogP contribution in [-0.4, -0.2) is 67.3 Å². The SMILES string of the molecule is COc1ccc(CN2CCN(C)CC2)cc1B(O)O. The number of methoxy groups -OCH3 is 1. The lowest BCUT2D eigenvalue weighted by atomic mass is 9.78. The van der Waals surface area contributed by atoms with Crippen molar-refractivity contribution in [2.45, 2.75) is 6.54 Å². The predicted molar refractivity (Wildman–Crippen MR) is 75.6 cm³/mol. The second kappa shape index (κ2) is 6.39. The molecule has 0 amide bonds. The molecule has 0 bridgehead atoms. The Morgan fingerprint density at radius 1 is 1.21 bits per heavy atom. The third kappa shape index (κ3) is 3.70. The molecule has 1 aliphatic heterocycles. The quantitative estimate of drug-likeness (QED) is 0.692. The van der Waals surface area contributed by atoms with Gasteiger partial charge in [0.05, 0.1) is 7.11 Å². The molecule has 2 rings (SSSR count). The standard InChI is InChI=1S/C13H21BN2O3/c1-15-5-7-16(8-6-15)10-11-3-4-13(19-2)12(9-11)14(17)18/h3-4,9,17-18H,5-8,10H2,1-2H3. The summed E-state index contributed by atoms with van der Waals surface area (Å²) < 4.78 is 5.13. The van der Waals surface area contributed by atoms with Crippen LogP contribution in [0.2, 0.25) is 0 Å². The Morgan fingerprint density at radius 3 is 2.47 bits per heavy atom. The van der Waals surface area contributed by atoms with Crippen molar-refractivity contribution in [2.24, 2.45) is 0 Å². The van der Waals surface area contributed by atoms with Crippen LogP contribution < -0.4 is 10.2 Å². The minimum atomic E-state index is -1.50. The second-order valence-electron chi connectivity index (χ2n) is 5.03. The highest BCUT2D eigenvalue weighted by Crippen LogP contribution is 2.13. The van der Waals surface area contributed by atoms with E-state index in [1.54, 1.807) is 6.07 Å². The van der Waals surface area contributed by atoms with Gasteiger partial charge in [-0.25, -0.2) is 0 Å². The molecule has 1 aromatic rings. The molecule has 0 saturated carbocycles. The van der Waals surface area contributed by atoms with Gasteiger partial charge in [0.15, 0.2) is 0 Å². The van der Waals surface area contributed by atoms with E-state index in [1.807, 2.05) is 12.1 Å². The summed E-state index contributed by atoms with van der Waals surface area (Å²) in [5.41, 5.74) is 1.50. The third-order valence-electron chi connectivity index (χ3n) is 3.57. The maximum atomic E-state index is 9.36. The molecular weight excluding hydrogens is 243 g/mol. The van der Waals surface area contributed by atoms with Gasteiger partial charge in [-0.1, -0.05) is 12.1 Å². The number of nitrogens with zero attached hydrogens (tertiary/aromatic N) is 2. The van der Waals surface area contributed by atoms with Crippen LogP contribution in [0.4, 0.5) is 0 Å². The van der Waals surface area contributed by atoms with Crippen LogP contribution in [0.1, 0.15) is 5.56 Å². The zero-order chi connectivity index (χ0) is 13.8. The number of benzene rings is 1. The van der Waals surface area contributed by atoms with E-state index < -0.39 is 7.12 Å². The summed E-state index contributed by atoms with van der Waals surface area (Å²) in [6, 6.07) is 5.57. The first-order valence-electron chi connectivity index (χ1n) is 6.54. The first kappa shape index (κ1) is 14.3. The van der Waals surface area contributed by atoms with E-state index in [-0.39, 0.29) is 0 Å². The Morgan fingerprint density at radius 2 is 1.89 bits per heavy atom. The molecule has 0 radical (unpaired) electrons. The van der Waals surface area contributed by atoms with Crippen LogP contribution in [0, 0.1) is 0 Å². The first-order valence-corrected chi connectivity index (χ1v) is 6.54. The van der Waals surface area contributed by atoms with Crippen molar-refractivity contribution in [3.8, 4) is 5.75 Å². The minimum absolute atomic E-state index is 0.425. The van der Waals surface area contributed by atoms with Crippen LogP contribution in [0.3, 0.4) is 0 Å². The van der Waals surface area contributed by atoms with E-state index in [1.165, 1.54) is 7.11 Å². The number of rotatable bonds is 4. The Balaban J connectivity index is 2.06. The number of piperazine rings is 1. The molecule has 0 aromatic heterocycles. The van der Waals surface area contributed by atoms with Gasteiger partial charge in [-0.3, -0.25) is 4.90 Å². The molecular formula is C13H21BN2O3. The van der Waals surface area contributed by atoms with E-state index >= 15 is 0 Å². The highest BCUT2D eigenvalue weighted by Gasteiger charge is 2.19. The van der Waals surface area contributed by atoms with Crippen LogP contribution in [-0.2, 0) is 6.54 Å². The van der Waals surface area contributed by atoms with Gasteiger partial charge in [0.1, 0.15) is 5.75 Å². The van der Waals surface area contributed by atoms with Gasteiger partial charge in [-0.15, -0.1) is 0 Å². The molecule has 1 heterocycles. The van der Waals surface area contributed by atoms with Crippen molar-refractivity contribution in [1.29, 1.82) is 0 Å². The van der Waals surface area contributed by atoms with Crippen molar-refractivity contribution in [3.05, 3.63) is 23.8 Å². The smallest absolute Gasteiger partial charge is 0.492 e. The molecule has 5 nitrogen and oxygen atoms in total. The Hall–Kier alpha value is -1.08. The summed E-state index contributed by atoms with van der Waals surface area (Å²) in [6.45, 7) is 5.06. The highest BCUT2D eigenvalue weighted by molar-refractivity contribution is 6.59. The third-order valence-corrected chi connectivity index (χ3v) is 3.57.